The minimum absolute atomic E-state index is 0.264. The molecule has 6 nitrogen and oxygen atoms in total. The molecule has 6 heteroatoms. The number of aliphatic carboxylic acids is 1. The standard InChI is InChI=1S/C20H24N2O4/c1-20(2,3)26-19(25)15-11-22(17(15)21)16(18(23)24)14-9-8-12-6-4-5-7-13(12)10-14/h4-10,15-17H,11,21H2,1-3H3,(H,23,24)/t15-,16-,17-/m1/s1. The first-order valence-electron chi connectivity index (χ1n) is 8.63. The first-order chi connectivity index (χ1) is 12.2. The molecule has 1 heterocycles. The van der Waals surface area contributed by atoms with Crippen LogP contribution >= 0.6 is 0 Å². The van der Waals surface area contributed by atoms with E-state index in [0.717, 1.165) is 10.8 Å². The molecule has 3 N–H and O–H groups in total. The zero-order valence-electron chi connectivity index (χ0n) is 15.2. The van der Waals surface area contributed by atoms with Gasteiger partial charge in [-0.1, -0.05) is 36.4 Å². The molecule has 3 rings (SSSR count). The van der Waals surface area contributed by atoms with Crippen LogP contribution in [0.15, 0.2) is 42.5 Å². The van der Waals surface area contributed by atoms with Crippen LogP contribution in [0.2, 0.25) is 0 Å². The monoisotopic (exact) mass is 356 g/mol. The molecule has 2 aromatic carbocycles. The molecule has 0 radical (unpaired) electrons. The number of benzene rings is 2. The van der Waals surface area contributed by atoms with Crippen molar-refractivity contribution in [1.29, 1.82) is 0 Å². The van der Waals surface area contributed by atoms with Crippen LogP contribution in [0.5, 0.6) is 0 Å². The molecule has 138 valence electrons. The Morgan fingerprint density at radius 2 is 1.85 bits per heavy atom. The first kappa shape index (κ1) is 18.4. The van der Waals surface area contributed by atoms with E-state index in [4.69, 9.17) is 10.5 Å². The van der Waals surface area contributed by atoms with Crippen molar-refractivity contribution in [2.75, 3.05) is 6.54 Å². The molecule has 0 saturated carbocycles. The molecule has 0 aliphatic carbocycles. The van der Waals surface area contributed by atoms with Gasteiger partial charge in [0.25, 0.3) is 0 Å². The van der Waals surface area contributed by atoms with Gasteiger partial charge in [0.15, 0.2) is 0 Å². The van der Waals surface area contributed by atoms with Crippen molar-refractivity contribution in [1.82, 2.24) is 4.90 Å². The van der Waals surface area contributed by atoms with E-state index in [-0.39, 0.29) is 12.5 Å². The van der Waals surface area contributed by atoms with Crippen molar-refractivity contribution in [2.45, 2.75) is 38.6 Å². The zero-order chi connectivity index (χ0) is 19.1. The Kier molecular flexibility index (Phi) is 4.73. The van der Waals surface area contributed by atoms with Crippen LogP contribution < -0.4 is 5.73 Å². The van der Waals surface area contributed by atoms with Crippen molar-refractivity contribution < 1.29 is 19.4 Å². The number of hydrogen-bond acceptors (Lipinski definition) is 5. The minimum atomic E-state index is -0.988. The summed E-state index contributed by atoms with van der Waals surface area (Å²) in [6, 6.07) is 12.4. The Bertz CT molecular complexity index is 843. The summed E-state index contributed by atoms with van der Waals surface area (Å²) < 4.78 is 5.37. The molecule has 1 saturated heterocycles. The van der Waals surface area contributed by atoms with Crippen LogP contribution in [-0.4, -0.2) is 40.3 Å². The zero-order valence-corrected chi connectivity index (χ0v) is 15.2. The predicted molar refractivity (Wildman–Crippen MR) is 98.3 cm³/mol. The number of carboxylic acids is 1. The van der Waals surface area contributed by atoms with Crippen molar-refractivity contribution in [3.63, 3.8) is 0 Å². The first-order valence-corrected chi connectivity index (χ1v) is 8.63. The van der Waals surface area contributed by atoms with Crippen LogP contribution in [0.25, 0.3) is 10.8 Å². The molecule has 0 unspecified atom stereocenters. The number of rotatable bonds is 4. The molecule has 3 atom stereocenters. The van der Waals surface area contributed by atoms with Crippen LogP contribution in [0.1, 0.15) is 32.4 Å². The minimum Gasteiger partial charge on any atom is -0.480 e. The Morgan fingerprint density at radius 3 is 2.42 bits per heavy atom. The summed E-state index contributed by atoms with van der Waals surface area (Å²) in [7, 11) is 0. The number of esters is 1. The van der Waals surface area contributed by atoms with Gasteiger partial charge >= 0.3 is 11.9 Å². The van der Waals surface area contributed by atoms with Crippen LogP contribution in [0.3, 0.4) is 0 Å². The highest BCUT2D eigenvalue weighted by Crippen LogP contribution is 2.34. The van der Waals surface area contributed by atoms with E-state index in [1.807, 2.05) is 36.4 Å². The Labute approximate surface area is 152 Å². The summed E-state index contributed by atoms with van der Waals surface area (Å²) in [6.07, 6.45) is -0.683. The summed E-state index contributed by atoms with van der Waals surface area (Å²) in [4.78, 5) is 25.8. The molecule has 0 bridgehead atoms. The highest BCUT2D eigenvalue weighted by molar-refractivity contribution is 5.85. The summed E-state index contributed by atoms with van der Waals surface area (Å²) in [5.41, 5.74) is 6.19. The number of likely N-dealkylation sites (tertiary alicyclic amines) is 1. The van der Waals surface area contributed by atoms with Crippen LogP contribution in [-0.2, 0) is 14.3 Å². The molecule has 0 amide bonds. The lowest BCUT2D eigenvalue weighted by Crippen LogP contribution is -2.66. The smallest absolute Gasteiger partial charge is 0.325 e. The second kappa shape index (κ2) is 6.70. The maximum absolute atomic E-state index is 12.2. The number of fused-ring (bicyclic) bond motifs is 1. The molecule has 1 aliphatic heterocycles. The van der Waals surface area contributed by atoms with Gasteiger partial charge in [-0.2, -0.15) is 0 Å². The van der Waals surface area contributed by atoms with Crippen molar-refractivity contribution in [3.8, 4) is 0 Å². The summed E-state index contributed by atoms with van der Waals surface area (Å²) in [5.74, 6) is -1.89. The second-order valence-electron chi connectivity index (χ2n) is 7.67. The fourth-order valence-corrected chi connectivity index (χ4v) is 3.27. The van der Waals surface area contributed by atoms with Gasteiger partial charge in [0.2, 0.25) is 0 Å². The Morgan fingerprint density at radius 1 is 1.19 bits per heavy atom. The van der Waals surface area contributed by atoms with Gasteiger partial charge in [0.1, 0.15) is 11.6 Å². The van der Waals surface area contributed by atoms with Crippen molar-refractivity contribution in [2.24, 2.45) is 11.7 Å². The third-order valence-corrected chi connectivity index (χ3v) is 4.57. The van der Waals surface area contributed by atoms with Gasteiger partial charge in [-0.15, -0.1) is 0 Å². The molecular weight excluding hydrogens is 332 g/mol. The highest BCUT2D eigenvalue weighted by atomic mass is 16.6. The second-order valence-corrected chi connectivity index (χ2v) is 7.67. The van der Waals surface area contributed by atoms with Gasteiger partial charge < -0.3 is 15.6 Å². The maximum Gasteiger partial charge on any atom is 0.325 e. The molecule has 2 aromatic rings. The van der Waals surface area contributed by atoms with Gasteiger partial charge in [-0.05, 0) is 43.2 Å². The van der Waals surface area contributed by atoms with Crippen LogP contribution in [0.4, 0.5) is 0 Å². The van der Waals surface area contributed by atoms with Gasteiger partial charge in [-0.25, -0.2) is 0 Å². The fourth-order valence-electron chi connectivity index (χ4n) is 3.27. The Balaban J connectivity index is 1.81. The summed E-state index contributed by atoms with van der Waals surface area (Å²) >= 11 is 0. The average molecular weight is 356 g/mol. The summed E-state index contributed by atoms with van der Waals surface area (Å²) in [5, 5.41) is 11.8. The third-order valence-electron chi connectivity index (χ3n) is 4.57. The van der Waals surface area contributed by atoms with E-state index in [1.54, 1.807) is 31.7 Å². The molecular formula is C20H24N2O4. The quantitative estimate of drug-likeness (QED) is 0.818. The highest BCUT2D eigenvalue weighted by Gasteiger charge is 2.48. The maximum atomic E-state index is 12.2. The average Bonchev–Trinajstić information content (AvgIpc) is 2.55. The normalized spacial score (nSPS) is 21.8. The largest absolute Gasteiger partial charge is 0.480 e. The number of carboxylic acid groups (broad SMARTS) is 1. The number of carbonyl (C=O) groups is 2. The number of carbonyl (C=O) groups excluding carboxylic acids is 1. The van der Waals surface area contributed by atoms with Gasteiger partial charge in [-0.3, -0.25) is 14.5 Å². The van der Waals surface area contributed by atoms with E-state index in [2.05, 4.69) is 0 Å². The SMILES string of the molecule is CC(C)(C)OC(=O)[C@@H]1CN([C@@H](C(=O)O)c2ccc3ccccc3c2)[C@H]1N. The molecule has 0 spiro atoms. The fraction of sp³-hybridized carbons (Fsp3) is 0.400. The van der Waals surface area contributed by atoms with Gasteiger partial charge in [0.05, 0.1) is 12.1 Å². The van der Waals surface area contributed by atoms with E-state index < -0.39 is 29.7 Å². The number of nitrogens with zero attached hydrogens (tertiary/aromatic N) is 1. The topological polar surface area (TPSA) is 92.9 Å². The van der Waals surface area contributed by atoms with E-state index in [1.165, 1.54) is 0 Å². The third kappa shape index (κ3) is 3.57. The molecule has 1 aliphatic rings. The lowest BCUT2D eigenvalue weighted by Gasteiger charge is -2.47. The number of ether oxygens (including phenoxy) is 1. The lowest BCUT2D eigenvalue weighted by molar-refractivity contribution is -0.176. The lowest BCUT2D eigenvalue weighted by atomic mass is 9.90. The van der Waals surface area contributed by atoms with E-state index in [9.17, 15) is 14.7 Å². The molecule has 0 aromatic heterocycles. The Hall–Kier alpha value is -2.44. The van der Waals surface area contributed by atoms with Gasteiger partial charge in [0, 0.05) is 6.54 Å². The van der Waals surface area contributed by atoms with Crippen LogP contribution in [0, 0.1) is 5.92 Å². The van der Waals surface area contributed by atoms with Crippen molar-refractivity contribution >= 4 is 22.7 Å². The summed E-state index contributed by atoms with van der Waals surface area (Å²) in [6.45, 7) is 5.64. The molecule has 26 heavy (non-hydrogen) atoms. The molecule has 1 fully saturated rings. The van der Waals surface area contributed by atoms with Crippen molar-refractivity contribution in [3.05, 3.63) is 48.0 Å². The van der Waals surface area contributed by atoms with E-state index in [0.29, 0.717) is 5.56 Å². The van der Waals surface area contributed by atoms with E-state index >= 15 is 0 Å². The number of hydrogen-bond donors (Lipinski definition) is 2. The number of nitrogens with two attached hydrogens (primary N) is 1. The predicted octanol–water partition coefficient (Wildman–Crippen LogP) is 2.52.